The van der Waals surface area contributed by atoms with E-state index in [2.05, 4.69) is 4.98 Å². The van der Waals surface area contributed by atoms with Crippen molar-refractivity contribution in [3.05, 3.63) is 64.3 Å². The Labute approximate surface area is 139 Å². The summed E-state index contributed by atoms with van der Waals surface area (Å²) in [5.41, 5.74) is 8.24. The van der Waals surface area contributed by atoms with E-state index in [9.17, 15) is 14.9 Å². The van der Waals surface area contributed by atoms with Crippen LogP contribution in [0.4, 0.5) is 5.69 Å². The van der Waals surface area contributed by atoms with Crippen molar-refractivity contribution in [3.63, 3.8) is 0 Å². The third-order valence-electron chi connectivity index (χ3n) is 3.75. The van der Waals surface area contributed by atoms with E-state index in [0.717, 1.165) is 26.4 Å². The quantitative estimate of drug-likeness (QED) is 0.457. The van der Waals surface area contributed by atoms with Gasteiger partial charge in [0.05, 0.1) is 20.8 Å². The van der Waals surface area contributed by atoms with Crippen LogP contribution in [0.5, 0.6) is 0 Å². The number of imidazole rings is 1. The number of nitro benzene ring substituents is 1. The number of fused-ring (bicyclic) bond motifs is 3. The number of carbonyl (C=O) groups excluding carboxylic acids is 1. The van der Waals surface area contributed by atoms with Crippen LogP contribution < -0.4 is 5.73 Å². The molecule has 8 heteroatoms. The second-order valence-corrected chi connectivity index (χ2v) is 6.24. The number of rotatable bonds is 3. The maximum atomic E-state index is 11.1. The Kier molecular flexibility index (Phi) is 3.07. The summed E-state index contributed by atoms with van der Waals surface area (Å²) >= 11 is 1.39. The lowest BCUT2D eigenvalue weighted by Gasteiger charge is -1.98. The fourth-order valence-corrected chi connectivity index (χ4v) is 3.59. The summed E-state index contributed by atoms with van der Waals surface area (Å²) in [7, 11) is 0. The summed E-state index contributed by atoms with van der Waals surface area (Å²) in [5, 5.41) is 10.9. The van der Waals surface area contributed by atoms with Gasteiger partial charge in [0.1, 0.15) is 0 Å². The molecule has 0 fully saturated rings. The molecule has 2 aromatic carbocycles. The molecule has 0 radical (unpaired) electrons. The fraction of sp³-hybridized carbons (Fsp3) is 0. The number of benzene rings is 2. The molecule has 0 bridgehead atoms. The smallest absolute Gasteiger partial charge is 0.270 e. The number of non-ortho nitro benzene ring substituents is 1. The number of nitro groups is 1. The Morgan fingerprint density at radius 3 is 2.62 bits per heavy atom. The number of nitrogens with two attached hydrogens (primary N) is 1. The van der Waals surface area contributed by atoms with Crippen molar-refractivity contribution >= 4 is 38.1 Å². The Balaban J connectivity index is 1.81. The fourth-order valence-electron chi connectivity index (χ4n) is 2.55. The number of amides is 1. The van der Waals surface area contributed by atoms with Crippen LogP contribution in [0.25, 0.3) is 26.4 Å². The van der Waals surface area contributed by atoms with Crippen LogP contribution in [-0.4, -0.2) is 20.2 Å². The SMILES string of the molecule is NC(=O)c1ccc(-c2cn3c(n2)sc2cc([N+](=O)[O-])ccc23)cc1. The Bertz CT molecular complexity index is 1110. The molecular formula is C16H10N4O3S. The van der Waals surface area contributed by atoms with Gasteiger partial charge in [-0.15, -0.1) is 0 Å². The molecule has 0 saturated heterocycles. The molecule has 2 heterocycles. The van der Waals surface area contributed by atoms with E-state index in [0.29, 0.717) is 5.56 Å². The zero-order chi connectivity index (χ0) is 16.8. The van der Waals surface area contributed by atoms with Crippen LogP contribution in [0.2, 0.25) is 0 Å². The number of nitrogens with zero attached hydrogens (tertiary/aromatic N) is 3. The molecule has 1 amide bonds. The number of hydrogen-bond acceptors (Lipinski definition) is 5. The Morgan fingerprint density at radius 1 is 1.21 bits per heavy atom. The van der Waals surface area contributed by atoms with Gasteiger partial charge in [0, 0.05) is 29.5 Å². The van der Waals surface area contributed by atoms with E-state index in [-0.39, 0.29) is 5.69 Å². The Morgan fingerprint density at radius 2 is 1.96 bits per heavy atom. The maximum Gasteiger partial charge on any atom is 0.270 e. The van der Waals surface area contributed by atoms with Crippen molar-refractivity contribution in [2.45, 2.75) is 0 Å². The molecule has 0 unspecified atom stereocenters. The number of hydrogen-bond donors (Lipinski definition) is 1. The lowest BCUT2D eigenvalue weighted by atomic mass is 10.1. The van der Waals surface area contributed by atoms with Gasteiger partial charge in [0.2, 0.25) is 5.91 Å². The van der Waals surface area contributed by atoms with Crippen molar-refractivity contribution in [1.29, 1.82) is 0 Å². The largest absolute Gasteiger partial charge is 0.366 e. The van der Waals surface area contributed by atoms with Gasteiger partial charge >= 0.3 is 0 Å². The molecule has 0 aliphatic heterocycles. The minimum atomic E-state index is -0.472. The topological polar surface area (TPSA) is 104 Å². The minimum absolute atomic E-state index is 0.0641. The van der Waals surface area contributed by atoms with Crippen molar-refractivity contribution < 1.29 is 9.72 Å². The van der Waals surface area contributed by atoms with Crippen LogP contribution in [0.15, 0.2) is 48.7 Å². The van der Waals surface area contributed by atoms with Crippen molar-refractivity contribution in [1.82, 2.24) is 9.38 Å². The van der Waals surface area contributed by atoms with Crippen LogP contribution >= 0.6 is 11.3 Å². The molecule has 24 heavy (non-hydrogen) atoms. The number of carbonyl (C=O) groups is 1. The first kappa shape index (κ1) is 14.3. The summed E-state index contributed by atoms with van der Waals surface area (Å²) in [6, 6.07) is 11.7. The molecule has 118 valence electrons. The standard InChI is InChI=1S/C16H10N4O3S/c17-15(21)10-3-1-9(2-4-10)12-8-19-13-6-5-11(20(22)23)7-14(13)24-16(19)18-12/h1-8H,(H2,17,21). The van der Waals surface area contributed by atoms with E-state index in [1.807, 2.05) is 10.6 Å². The molecule has 2 N–H and O–H groups in total. The molecule has 0 aliphatic rings. The number of aromatic nitrogens is 2. The van der Waals surface area contributed by atoms with Crippen LogP contribution in [0.1, 0.15) is 10.4 Å². The van der Waals surface area contributed by atoms with E-state index >= 15 is 0 Å². The first-order valence-corrected chi connectivity index (χ1v) is 7.81. The van der Waals surface area contributed by atoms with Crippen LogP contribution in [0, 0.1) is 10.1 Å². The predicted molar refractivity (Wildman–Crippen MR) is 91.2 cm³/mol. The highest BCUT2D eigenvalue weighted by Crippen LogP contribution is 2.31. The lowest BCUT2D eigenvalue weighted by molar-refractivity contribution is -0.384. The average Bonchev–Trinajstić information content (AvgIpc) is 3.11. The van der Waals surface area contributed by atoms with Gasteiger partial charge < -0.3 is 5.73 Å². The monoisotopic (exact) mass is 338 g/mol. The minimum Gasteiger partial charge on any atom is -0.366 e. The van der Waals surface area contributed by atoms with Gasteiger partial charge in [-0.05, 0) is 18.2 Å². The van der Waals surface area contributed by atoms with Crippen LogP contribution in [-0.2, 0) is 0 Å². The van der Waals surface area contributed by atoms with Gasteiger partial charge in [-0.2, -0.15) is 0 Å². The molecule has 0 saturated carbocycles. The average molecular weight is 338 g/mol. The van der Waals surface area contributed by atoms with Crippen LogP contribution in [0.3, 0.4) is 0 Å². The summed E-state index contributed by atoms with van der Waals surface area (Å²) in [6.45, 7) is 0. The van der Waals surface area contributed by atoms with Gasteiger partial charge in [-0.25, -0.2) is 4.98 Å². The highest BCUT2D eigenvalue weighted by Gasteiger charge is 2.14. The van der Waals surface area contributed by atoms with Crippen molar-refractivity contribution in [2.75, 3.05) is 0 Å². The highest BCUT2D eigenvalue weighted by atomic mass is 32.1. The predicted octanol–water partition coefficient (Wildman–Crippen LogP) is 3.22. The van der Waals surface area contributed by atoms with Gasteiger partial charge in [-0.1, -0.05) is 23.5 Å². The van der Waals surface area contributed by atoms with E-state index in [1.165, 1.54) is 17.4 Å². The molecule has 0 aliphatic carbocycles. The van der Waals surface area contributed by atoms with Crippen molar-refractivity contribution in [3.8, 4) is 11.3 Å². The van der Waals surface area contributed by atoms with Crippen molar-refractivity contribution in [2.24, 2.45) is 5.73 Å². The summed E-state index contributed by atoms with van der Waals surface area (Å²) in [5.74, 6) is -0.472. The molecule has 2 aromatic heterocycles. The maximum absolute atomic E-state index is 11.1. The third kappa shape index (κ3) is 2.20. The summed E-state index contributed by atoms with van der Waals surface area (Å²) < 4.78 is 2.71. The molecule has 0 spiro atoms. The lowest BCUT2D eigenvalue weighted by Crippen LogP contribution is -2.10. The number of primary amides is 1. The molecule has 4 rings (SSSR count). The normalized spacial score (nSPS) is 11.2. The highest BCUT2D eigenvalue weighted by molar-refractivity contribution is 7.23. The summed E-state index contributed by atoms with van der Waals surface area (Å²) in [4.78, 5) is 26.9. The van der Waals surface area contributed by atoms with Gasteiger partial charge in [0.15, 0.2) is 4.96 Å². The number of thiazole rings is 1. The molecular weight excluding hydrogens is 328 g/mol. The second kappa shape index (κ2) is 5.14. The Hall–Kier alpha value is -3.26. The van der Waals surface area contributed by atoms with E-state index < -0.39 is 10.8 Å². The van der Waals surface area contributed by atoms with Gasteiger partial charge in [-0.3, -0.25) is 19.3 Å². The van der Waals surface area contributed by atoms with E-state index in [1.54, 1.807) is 36.4 Å². The zero-order valence-electron chi connectivity index (χ0n) is 12.2. The zero-order valence-corrected chi connectivity index (χ0v) is 13.0. The van der Waals surface area contributed by atoms with E-state index in [4.69, 9.17) is 5.73 Å². The first-order valence-electron chi connectivity index (χ1n) is 6.99. The molecule has 0 atom stereocenters. The molecule has 7 nitrogen and oxygen atoms in total. The third-order valence-corrected chi connectivity index (χ3v) is 4.77. The second-order valence-electron chi connectivity index (χ2n) is 5.23. The molecule has 4 aromatic rings. The summed E-state index contributed by atoms with van der Waals surface area (Å²) in [6.07, 6.45) is 1.87. The first-order chi connectivity index (χ1) is 11.5. The van der Waals surface area contributed by atoms with Gasteiger partial charge in [0.25, 0.3) is 5.69 Å².